The van der Waals surface area contributed by atoms with Crippen LogP contribution in [-0.4, -0.2) is 12.4 Å². The predicted octanol–water partition coefficient (Wildman–Crippen LogP) is 4.21. The molecule has 104 valence electrons. The summed E-state index contributed by atoms with van der Waals surface area (Å²) in [5, 5.41) is 0. The Labute approximate surface area is 120 Å². The Kier molecular flexibility index (Phi) is 4.94. The molecular weight excluding hydrogens is 248 g/mol. The van der Waals surface area contributed by atoms with E-state index >= 15 is 0 Å². The molecule has 0 amide bonds. The molecule has 0 saturated carbocycles. The quantitative estimate of drug-likeness (QED) is 0.734. The van der Waals surface area contributed by atoms with Gasteiger partial charge in [0.25, 0.3) is 0 Å². The highest BCUT2D eigenvalue weighted by Crippen LogP contribution is 2.21. The van der Waals surface area contributed by atoms with Crippen molar-refractivity contribution in [1.29, 1.82) is 0 Å². The zero-order valence-electron chi connectivity index (χ0n) is 12.1. The molecule has 2 aromatic carbocycles. The van der Waals surface area contributed by atoms with Crippen LogP contribution in [0.5, 0.6) is 5.75 Å². The van der Waals surface area contributed by atoms with Crippen LogP contribution in [0.2, 0.25) is 0 Å². The van der Waals surface area contributed by atoms with Gasteiger partial charge in [-0.25, -0.2) is 0 Å². The number of hydrogen-bond donors (Lipinski definition) is 0. The van der Waals surface area contributed by atoms with Crippen LogP contribution in [0.3, 0.4) is 0 Å². The van der Waals surface area contributed by atoms with Crippen molar-refractivity contribution in [3.05, 3.63) is 65.2 Å². The SMILES string of the molecule is CCOc1ccccc1C(=O)CCc1ccccc1C. The van der Waals surface area contributed by atoms with Crippen LogP contribution in [-0.2, 0) is 6.42 Å². The molecule has 0 aromatic heterocycles. The number of hydrogen-bond acceptors (Lipinski definition) is 2. The van der Waals surface area contributed by atoms with Crippen molar-refractivity contribution in [3.63, 3.8) is 0 Å². The fourth-order valence-corrected chi connectivity index (χ4v) is 2.25. The van der Waals surface area contributed by atoms with Crippen molar-refractivity contribution < 1.29 is 9.53 Å². The molecule has 0 unspecified atom stereocenters. The average Bonchev–Trinajstić information content (AvgIpc) is 2.47. The van der Waals surface area contributed by atoms with Crippen LogP contribution in [0.1, 0.15) is 34.8 Å². The Bertz CT molecular complexity index is 587. The highest BCUT2D eigenvalue weighted by atomic mass is 16.5. The minimum Gasteiger partial charge on any atom is -0.493 e. The van der Waals surface area contributed by atoms with E-state index in [-0.39, 0.29) is 5.78 Å². The summed E-state index contributed by atoms with van der Waals surface area (Å²) in [5.41, 5.74) is 3.15. The topological polar surface area (TPSA) is 26.3 Å². The van der Waals surface area contributed by atoms with Crippen molar-refractivity contribution in [3.8, 4) is 5.75 Å². The van der Waals surface area contributed by atoms with E-state index in [9.17, 15) is 4.79 Å². The number of carbonyl (C=O) groups is 1. The van der Waals surface area contributed by atoms with Gasteiger partial charge in [0, 0.05) is 6.42 Å². The van der Waals surface area contributed by atoms with Crippen molar-refractivity contribution >= 4 is 5.78 Å². The number of carbonyl (C=O) groups excluding carboxylic acids is 1. The second kappa shape index (κ2) is 6.90. The lowest BCUT2D eigenvalue weighted by molar-refractivity contribution is 0.0979. The number of ether oxygens (including phenoxy) is 1. The molecule has 0 atom stereocenters. The molecule has 0 saturated heterocycles. The van der Waals surface area contributed by atoms with Gasteiger partial charge in [0.1, 0.15) is 5.75 Å². The van der Waals surface area contributed by atoms with E-state index in [1.165, 1.54) is 11.1 Å². The van der Waals surface area contributed by atoms with Crippen LogP contribution in [0.25, 0.3) is 0 Å². The second-order valence-corrected chi connectivity index (χ2v) is 4.78. The van der Waals surface area contributed by atoms with Gasteiger partial charge in [-0.05, 0) is 43.5 Å². The summed E-state index contributed by atoms with van der Waals surface area (Å²) in [5.74, 6) is 0.821. The molecule has 0 aliphatic heterocycles. The largest absolute Gasteiger partial charge is 0.493 e. The molecule has 0 aliphatic rings. The van der Waals surface area contributed by atoms with E-state index in [2.05, 4.69) is 19.1 Å². The van der Waals surface area contributed by atoms with Gasteiger partial charge in [0.05, 0.1) is 12.2 Å². The average molecular weight is 268 g/mol. The van der Waals surface area contributed by atoms with Crippen LogP contribution in [0.15, 0.2) is 48.5 Å². The van der Waals surface area contributed by atoms with E-state index in [0.717, 1.165) is 6.42 Å². The first-order chi connectivity index (χ1) is 9.72. The molecule has 0 radical (unpaired) electrons. The maximum Gasteiger partial charge on any atom is 0.166 e. The first kappa shape index (κ1) is 14.3. The lowest BCUT2D eigenvalue weighted by Gasteiger charge is -2.09. The Morgan fingerprint density at radius 1 is 1.05 bits per heavy atom. The molecule has 0 spiro atoms. The number of Topliss-reactive ketones (excluding diaryl/α,β-unsaturated/α-hetero) is 1. The van der Waals surface area contributed by atoms with Crippen LogP contribution in [0, 0.1) is 6.92 Å². The second-order valence-electron chi connectivity index (χ2n) is 4.78. The van der Waals surface area contributed by atoms with Gasteiger partial charge in [-0.1, -0.05) is 36.4 Å². The summed E-state index contributed by atoms with van der Waals surface area (Å²) in [6.45, 7) is 4.57. The summed E-state index contributed by atoms with van der Waals surface area (Å²) in [4.78, 5) is 12.3. The number of ketones is 1. The Morgan fingerprint density at radius 3 is 2.50 bits per heavy atom. The first-order valence-corrected chi connectivity index (χ1v) is 7.02. The third kappa shape index (κ3) is 3.47. The molecule has 20 heavy (non-hydrogen) atoms. The van der Waals surface area contributed by atoms with Crippen molar-refractivity contribution in [1.82, 2.24) is 0 Å². The minimum atomic E-state index is 0.136. The zero-order valence-corrected chi connectivity index (χ0v) is 12.1. The zero-order chi connectivity index (χ0) is 14.4. The minimum absolute atomic E-state index is 0.136. The fourth-order valence-electron chi connectivity index (χ4n) is 2.25. The number of benzene rings is 2. The Hall–Kier alpha value is -2.09. The molecule has 0 aliphatic carbocycles. The van der Waals surface area contributed by atoms with Gasteiger partial charge >= 0.3 is 0 Å². The summed E-state index contributed by atoms with van der Waals surface area (Å²) < 4.78 is 5.51. The third-order valence-corrected chi connectivity index (χ3v) is 3.37. The van der Waals surface area contributed by atoms with Gasteiger partial charge < -0.3 is 4.74 Å². The summed E-state index contributed by atoms with van der Waals surface area (Å²) in [7, 11) is 0. The molecule has 2 heteroatoms. The maximum atomic E-state index is 12.3. The molecule has 2 nitrogen and oxygen atoms in total. The standard InChI is InChI=1S/C18H20O2/c1-3-20-18-11-7-6-10-16(18)17(19)13-12-15-9-5-4-8-14(15)2/h4-11H,3,12-13H2,1-2H3. The fraction of sp³-hybridized carbons (Fsp3) is 0.278. The van der Waals surface area contributed by atoms with Crippen molar-refractivity contribution in [2.24, 2.45) is 0 Å². The van der Waals surface area contributed by atoms with Gasteiger partial charge in [-0.2, -0.15) is 0 Å². The Morgan fingerprint density at radius 2 is 1.75 bits per heavy atom. The maximum absolute atomic E-state index is 12.3. The van der Waals surface area contributed by atoms with E-state index in [1.807, 2.05) is 43.3 Å². The molecule has 0 heterocycles. The van der Waals surface area contributed by atoms with Gasteiger partial charge in [-0.15, -0.1) is 0 Å². The highest BCUT2D eigenvalue weighted by Gasteiger charge is 2.12. The summed E-state index contributed by atoms with van der Waals surface area (Å²) in [6.07, 6.45) is 1.28. The van der Waals surface area contributed by atoms with E-state index < -0.39 is 0 Å². The number of rotatable bonds is 6. The smallest absolute Gasteiger partial charge is 0.166 e. The molecule has 0 fully saturated rings. The molecule has 0 N–H and O–H groups in total. The lowest BCUT2D eigenvalue weighted by Crippen LogP contribution is -2.05. The van der Waals surface area contributed by atoms with Crippen LogP contribution in [0.4, 0.5) is 0 Å². The normalized spacial score (nSPS) is 10.3. The van der Waals surface area contributed by atoms with Gasteiger partial charge in [-0.3, -0.25) is 4.79 Å². The van der Waals surface area contributed by atoms with E-state index in [1.54, 1.807) is 0 Å². The van der Waals surface area contributed by atoms with E-state index in [4.69, 9.17) is 4.74 Å². The van der Waals surface area contributed by atoms with Crippen LogP contribution >= 0.6 is 0 Å². The number of aryl methyl sites for hydroxylation is 2. The van der Waals surface area contributed by atoms with E-state index in [0.29, 0.717) is 24.3 Å². The molecule has 2 rings (SSSR count). The molecule has 0 bridgehead atoms. The molecule has 2 aromatic rings. The third-order valence-electron chi connectivity index (χ3n) is 3.37. The van der Waals surface area contributed by atoms with Crippen molar-refractivity contribution in [2.45, 2.75) is 26.7 Å². The highest BCUT2D eigenvalue weighted by molar-refractivity contribution is 5.98. The van der Waals surface area contributed by atoms with Crippen molar-refractivity contribution in [2.75, 3.05) is 6.61 Å². The van der Waals surface area contributed by atoms with Crippen LogP contribution < -0.4 is 4.74 Å². The molecular formula is C18H20O2. The van der Waals surface area contributed by atoms with Gasteiger partial charge in [0.15, 0.2) is 5.78 Å². The number of para-hydroxylation sites is 1. The first-order valence-electron chi connectivity index (χ1n) is 7.02. The summed E-state index contributed by atoms with van der Waals surface area (Å²) in [6, 6.07) is 15.7. The summed E-state index contributed by atoms with van der Waals surface area (Å²) >= 11 is 0. The van der Waals surface area contributed by atoms with Gasteiger partial charge in [0.2, 0.25) is 0 Å². The Balaban J connectivity index is 2.07. The lowest BCUT2D eigenvalue weighted by atomic mass is 9.99. The monoisotopic (exact) mass is 268 g/mol. The predicted molar refractivity (Wildman–Crippen MR) is 81.4 cm³/mol.